The molecule has 2 rings (SSSR count). The maximum atomic E-state index is 11.7. The van der Waals surface area contributed by atoms with Crippen molar-refractivity contribution in [2.45, 2.75) is 32.9 Å². The summed E-state index contributed by atoms with van der Waals surface area (Å²) in [5.41, 5.74) is 1.77. The SMILES string of the molecule is CC(C)NCc1cc(=O)[nH]c(Cc2cccc(Br)c2)n1. The minimum Gasteiger partial charge on any atom is -0.310 e. The zero-order chi connectivity index (χ0) is 14.5. The van der Waals surface area contributed by atoms with E-state index in [0.717, 1.165) is 15.7 Å². The van der Waals surface area contributed by atoms with E-state index in [-0.39, 0.29) is 5.56 Å². The largest absolute Gasteiger partial charge is 0.310 e. The van der Waals surface area contributed by atoms with Gasteiger partial charge in [-0.1, -0.05) is 41.9 Å². The van der Waals surface area contributed by atoms with Crippen molar-refractivity contribution >= 4 is 15.9 Å². The van der Waals surface area contributed by atoms with Crippen LogP contribution in [0.5, 0.6) is 0 Å². The molecule has 0 aliphatic rings. The summed E-state index contributed by atoms with van der Waals surface area (Å²) in [6.45, 7) is 4.73. The third-order valence-electron chi connectivity index (χ3n) is 2.80. The van der Waals surface area contributed by atoms with Gasteiger partial charge in [-0.3, -0.25) is 4.79 Å². The van der Waals surface area contributed by atoms with Crippen molar-refractivity contribution in [3.63, 3.8) is 0 Å². The summed E-state index contributed by atoms with van der Waals surface area (Å²) in [5, 5.41) is 3.27. The van der Waals surface area contributed by atoms with Gasteiger partial charge in [-0.25, -0.2) is 4.98 Å². The summed E-state index contributed by atoms with van der Waals surface area (Å²) >= 11 is 3.44. The Kier molecular flexibility index (Phi) is 5.09. The van der Waals surface area contributed by atoms with E-state index in [1.807, 2.05) is 24.3 Å². The lowest BCUT2D eigenvalue weighted by Crippen LogP contribution is -2.24. The van der Waals surface area contributed by atoms with Gasteiger partial charge >= 0.3 is 0 Å². The topological polar surface area (TPSA) is 57.8 Å². The Labute approximate surface area is 126 Å². The van der Waals surface area contributed by atoms with Crippen LogP contribution in [0.2, 0.25) is 0 Å². The smallest absolute Gasteiger partial charge is 0.251 e. The Bertz CT molecular complexity index is 637. The highest BCUT2D eigenvalue weighted by molar-refractivity contribution is 9.10. The van der Waals surface area contributed by atoms with Gasteiger partial charge in [0.25, 0.3) is 5.56 Å². The summed E-state index contributed by atoms with van der Waals surface area (Å²) in [6, 6.07) is 9.90. The first-order valence-corrected chi connectivity index (χ1v) is 7.39. The molecule has 20 heavy (non-hydrogen) atoms. The van der Waals surface area contributed by atoms with E-state index in [9.17, 15) is 4.79 Å². The zero-order valence-corrected chi connectivity index (χ0v) is 13.2. The minimum absolute atomic E-state index is 0.106. The number of halogens is 1. The Morgan fingerprint density at radius 3 is 2.85 bits per heavy atom. The van der Waals surface area contributed by atoms with E-state index in [1.165, 1.54) is 0 Å². The summed E-state index contributed by atoms with van der Waals surface area (Å²) in [4.78, 5) is 19.0. The second-order valence-electron chi connectivity index (χ2n) is 5.03. The average Bonchev–Trinajstić information content (AvgIpc) is 2.35. The number of aromatic amines is 1. The molecule has 0 bridgehead atoms. The van der Waals surface area contributed by atoms with Crippen LogP contribution in [0.4, 0.5) is 0 Å². The summed E-state index contributed by atoms with van der Waals surface area (Å²) in [5.74, 6) is 0.691. The maximum Gasteiger partial charge on any atom is 0.251 e. The van der Waals surface area contributed by atoms with Gasteiger partial charge in [0.1, 0.15) is 5.82 Å². The number of aromatic nitrogens is 2. The van der Waals surface area contributed by atoms with E-state index < -0.39 is 0 Å². The van der Waals surface area contributed by atoms with Crippen LogP contribution in [0, 0.1) is 0 Å². The molecule has 0 radical (unpaired) electrons. The van der Waals surface area contributed by atoms with Crippen LogP contribution in [0.25, 0.3) is 0 Å². The summed E-state index contributed by atoms with van der Waals surface area (Å²) < 4.78 is 1.02. The van der Waals surface area contributed by atoms with Gasteiger partial charge in [-0.2, -0.15) is 0 Å². The fourth-order valence-corrected chi connectivity index (χ4v) is 2.33. The quantitative estimate of drug-likeness (QED) is 0.883. The standard InChI is InChI=1S/C15H18BrN3O/c1-10(2)17-9-13-8-15(20)19-14(18-13)7-11-4-3-5-12(16)6-11/h3-6,8,10,17H,7,9H2,1-2H3,(H,18,19,20). The van der Waals surface area contributed by atoms with Crippen LogP contribution in [0.15, 0.2) is 39.6 Å². The van der Waals surface area contributed by atoms with Crippen LogP contribution < -0.4 is 10.9 Å². The zero-order valence-electron chi connectivity index (χ0n) is 11.6. The molecule has 0 atom stereocenters. The van der Waals surface area contributed by atoms with Gasteiger partial charge in [0.05, 0.1) is 5.69 Å². The van der Waals surface area contributed by atoms with Gasteiger partial charge in [-0.15, -0.1) is 0 Å². The van der Waals surface area contributed by atoms with Gasteiger partial charge in [0, 0.05) is 29.5 Å². The lowest BCUT2D eigenvalue weighted by atomic mass is 10.1. The molecule has 0 aliphatic carbocycles. The van der Waals surface area contributed by atoms with Crippen LogP contribution in [-0.4, -0.2) is 16.0 Å². The highest BCUT2D eigenvalue weighted by Gasteiger charge is 2.04. The number of rotatable bonds is 5. The van der Waals surface area contributed by atoms with Crippen molar-refractivity contribution < 1.29 is 0 Å². The van der Waals surface area contributed by atoms with Crippen molar-refractivity contribution in [3.05, 3.63) is 62.2 Å². The monoisotopic (exact) mass is 335 g/mol. The molecule has 5 heteroatoms. The maximum absolute atomic E-state index is 11.7. The summed E-state index contributed by atoms with van der Waals surface area (Å²) in [6.07, 6.45) is 0.615. The average molecular weight is 336 g/mol. The van der Waals surface area contributed by atoms with E-state index in [0.29, 0.717) is 24.8 Å². The Hall–Kier alpha value is -1.46. The number of hydrogen-bond acceptors (Lipinski definition) is 3. The third-order valence-corrected chi connectivity index (χ3v) is 3.29. The van der Waals surface area contributed by atoms with Crippen LogP contribution in [-0.2, 0) is 13.0 Å². The van der Waals surface area contributed by atoms with E-state index in [1.54, 1.807) is 6.07 Å². The molecule has 0 aliphatic heterocycles. The predicted octanol–water partition coefficient (Wildman–Crippen LogP) is 2.62. The van der Waals surface area contributed by atoms with Gasteiger partial charge in [0.2, 0.25) is 0 Å². The van der Waals surface area contributed by atoms with Crippen LogP contribution in [0.3, 0.4) is 0 Å². The fourth-order valence-electron chi connectivity index (χ4n) is 1.89. The van der Waals surface area contributed by atoms with Gasteiger partial charge < -0.3 is 10.3 Å². The second-order valence-corrected chi connectivity index (χ2v) is 5.94. The first kappa shape index (κ1) is 14.9. The number of nitrogens with one attached hydrogen (secondary N) is 2. The Balaban J connectivity index is 2.17. The molecule has 0 fully saturated rings. The van der Waals surface area contributed by atoms with Crippen molar-refractivity contribution in [1.29, 1.82) is 0 Å². The van der Waals surface area contributed by atoms with Gasteiger partial charge in [-0.05, 0) is 17.7 Å². The van der Waals surface area contributed by atoms with Crippen LogP contribution >= 0.6 is 15.9 Å². The van der Waals surface area contributed by atoms with Crippen molar-refractivity contribution in [1.82, 2.24) is 15.3 Å². The molecular formula is C15H18BrN3O. The molecule has 1 heterocycles. The number of nitrogens with zero attached hydrogens (tertiary/aromatic N) is 1. The van der Waals surface area contributed by atoms with Crippen molar-refractivity contribution in [2.75, 3.05) is 0 Å². The Morgan fingerprint density at radius 2 is 2.15 bits per heavy atom. The van der Waals surface area contributed by atoms with Crippen molar-refractivity contribution in [2.24, 2.45) is 0 Å². The lowest BCUT2D eigenvalue weighted by Gasteiger charge is -2.08. The van der Waals surface area contributed by atoms with E-state index in [4.69, 9.17) is 0 Å². The molecule has 0 saturated heterocycles. The molecule has 0 unspecified atom stereocenters. The molecule has 0 amide bonds. The number of benzene rings is 1. The lowest BCUT2D eigenvalue weighted by molar-refractivity contribution is 0.578. The molecule has 4 nitrogen and oxygen atoms in total. The number of hydrogen-bond donors (Lipinski definition) is 2. The van der Waals surface area contributed by atoms with E-state index in [2.05, 4.69) is 45.1 Å². The third kappa shape index (κ3) is 4.58. The molecule has 1 aromatic heterocycles. The second kappa shape index (κ2) is 6.81. The molecule has 106 valence electrons. The van der Waals surface area contributed by atoms with E-state index >= 15 is 0 Å². The predicted molar refractivity (Wildman–Crippen MR) is 83.8 cm³/mol. The van der Waals surface area contributed by atoms with Crippen LogP contribution in [0.1, 0.15) is 30.9 Å². The molecule has 1 aromatic carbocycles. The molecule has 2 N–H and O–H groups in total. The summed E-state index contributed by atoms with van der Waals surface area (Å²) in [7, 11) is 0. The molecule has 0 spiro atoms. The highest BCUT2D eigenvalue weighted by Crippen LogP contribution is 2.13. The van der Waals surface area contributed by atoms with Crippen molar-refractivity contribution in [3.8, 4) is 0 Å². The molecule has 2 aromatic rings. The van der Waals surface area contributed by atoms with Gasteiger partial charge in [0.15, 0.2) is 0 Å². The molecular weight excluding hydrogens is 318 g/mol. The minimum atomic E-state index is -0.106. The Morgan fingerprint density at radius 1 is 1.35 bits per heavy atom. The normalized spacial score (nSPS) is 11.0. The fraction of sp³-hybridized carbons (Fsp3) is 0.333. The number of H-pyrrole nitrogens is 1. The molecule has 0 saturated carbocycles. The highest BCUT2D eigenvalue weighted by atomic mass is 79.9. The first-order chi connectivity index (χ1) is 9.52. The first-order valence-electron chi connectivity index (χ1n) is 6.60.